The van der Waals surface area contributed by atoms with Crippen LogP contribution in [-0.4, -0.2) is 55.9 Å². The molecule has 2 fully saturated rings. The van der Waals surface area contributed by atoms with Crippen molar-refractivity contribution in [2.45, 2.75) is 32.4 Å². The number of carbonyl (C=O) groups excluding carboxylic acids is 2. The number of ether oxygens (including phenoxy) is 1. The van der Waals surface area contributed by atoms with Crippen LogP contribution in [0.25, 0.3) is 0 Å². The summed E-state index contributed by atoms with van der Waals surface area (Å²) in [6.07, 6.45) is 1.78. The van der Waals surface area contributed by atoms with Crippen molar-refractivity contribution in [1.82, 2.24) is 15.5 Å². The van der Waals surface area contributed by atoms with Gasteiger partial charge in [0, 0.05) is 37.9 Å². The summed E-state index contributed by atoms with van der Waals surface area (Å²) in [4.78, 5) is 27.6. The lowest BCUT2D eigenvalue weighted by Crippen LogP contribution is -2.56. The molecule has 7 nitrogen and oxygen atoms in total. The number of nitrogens with one attached hydrogen (secondary N) is 2. The van der Waals surface area contributed by atoms with E-state index in [1.54, 1.807) is 4.90 Å². The number of piperazine rings is 1. The molecule has 2 N–H and O–H groups in total. The number of benzene rings is 1. The molecule has 1 unspecified atom stereocenters. The molecule has 136 valence electrons. The van der Waals surface area contributed by atoms with Crippen LogP contribution in [0.3, 0.4) is 0 Å². The minimum atomic E-state index is -0.304. The van der Waals surface area contributed by atoms with Crippen molar-refractivity contribution in [3.05, 3.63) is 29.8 Å². The number of amides is 3. The molecular formula is C18H26N4O3. The van der Waals surface area contributed by atoms with E-state index in [0.29, 0.717) is 19.7 Å². The van der Waals surface area contributed by atoms with Gasteiger partial charge in [0.15, 0.2) is 0 Å². The smallest absolute Gasteiger partial charge is 0.414 e. The summed E-state index contributed by atoms with van der Waals surface area (Å²) in [5, 5.41) is 6.36. The van der Waals surface area contributed by atoms with E-state index in [-0.39, 0.29) is 18.2 Å². The molecule has 0 aliphatic carbocycles. The first-order chi connectivity index (χ1) is 12.2. The van der Waals surface area contributed by atoms with Crippen molar-refractivity contribution < 1.29 is 14.3 Å². The Morgan fingerprint density at radius 2 is 2.12 bits per heavy atom. The van der Waals surface area contributed by atoms with E-state index in [9.17, 15) is 9.59 Å². The van der Waals surface area contributed by atoms with E-state index in [1.165, 1.54) is 0 Å². The lowest BCUT2D eigenvalue weighted by atomic mass is 10.1. The van der Waals surface area contributed by atoms with Crippen LogP contribution in [0, 0.1) is 0 Å². The first kappa shape index (κ1) is 17.5. The maximum absolute atomic E-state index is 12.5. The lowest BCUT2D eigenvalue weighted by Gasteiger charge is -2.36. The second-order valence-corrected chi connectivity index (χ2v) is 6.43. The minimum absolute atomic E-state index is 0.00727. The average Bonchev–Trinajstić information content (AvgIpc) is 3.07. The zero-order valence-electron chi connectivity index (χ0n) is 14.7. The van der Waals surface area contributed by atoms with Crippen molar-refractivity contribution in [2.75, 3.05) is 37.7 Å². The Morgan fingerprint density at radius 3 is 2.80 bits per heavy atom. The molecule has 2 aliphatic heterocycles. The van der Waals surface area contributed by atoms with Crippen LogP contribution in [0.1, 0.15) is 25.3 Å². The highest BCUT2D eigenvalue weighted by molar-refractivity contribution is 5.89. The Labute approximate surface area is 148 Å². The first-order valence-electron chi connectivity index (χ1n) is 8.97. The van der Waals surface area contributed by atoms with Crippen LogP contribution in [0.4, 0.5) is 15.3 Å². The molecule has 1 aromatic carbocycles. The minimum Gasteiger partial charge on any atom is -0.447 e. The molecule has 0 aromatic heterocycles. The second kappa shape index (κ2) is 8.20. The van der Waals surface area contributed by atoms with Gasteiger partial charge in [-0.25, -0.2) is 9.59 Å². The van der Waals surface area contributed by atoms with Gasteiger partial charge in [-0.1, -0.05) is 25.5 Å². The van der Waals surface area contributed by atoms with Gasteiger partial charge < -0.3 is 20.3 Å². The number of hydrogen-bond acceptors (Lipinski definition) is 4. The normalized spacial score (nSPS) is 20.5. The van der Waals surface area contributed by atoms with E-state index < -0.39 is 0 Å². The third-order valence-electron chi connectivity index (χ3n) is 4.69. The second-order valence-electron chi connectivity index (χ2n) is 6.43. The highest BCUT2D eigenvalue weighted by atomic mass is 16.6. The highest BCUT2D eigenvalue weighted by Gasteiger charge is 2.26. The quantitative estimate of drug-likeness (QED) is 0.854. The Bertz CT molecular complexity index is 603. The van der Waals surface area contributed by atoms with Crippen molar-refractivity contribution in [3.63, 3.8) is 0 Å². The summed E-state index contributed by atoms with van der Waals surface area (Å²) in [6, 6.07) is 7.90. The molecule has 7 heteroatoms. The van der Waals surface area contributed by atoms with Crippen molar-refractivity contribution >= 4 is 17.8 Å². The molecule has 1 aromatic rings. The molecule has 3 rings (SSSR count). The largest absolute Gasteiger partial charge is 0.447 e. The van der Waals surface area contributed by atoms with Gasteiger partial charge in [0.2, 0.25) is 0 Å². The summed E-state index contributed by atoms with van der Waals surface area (Å²) in [7, 11) is 0. The fourth-order valence-corrected chi connectivity index (χ4v) is 3.32. The molecule has 2 aliphatic rings. The Hall–Kier alpha value is -2.28. The molecule has 2 saturated heterocycles. The van der Waals surface area contributed by atoms with Crippen molar-refractivity contribution in [1.29, 1.82) is 0 Å². The number of hydrogen-bond donors (Lipinski definition) is 2. The SMILES string of the molecule is CCCC1CNCCN1C(=O)NCc1ccc(N2CCOC2=O)cc1. The number of carbonyl (C=O) groups is 2. The van der Waals surface area contributed by atoms with E-state index in [1.807, 2.05) is 29.2 Å². The third-order valence-corrected chi connectivity index (χ3v) is 4.69. The maximum Gasteiger partial charge on any atom is 0.414 e. The fraction of sp³-hybridized carbons (Fsp3) is 0.556. The van der Waals surface area contributed by atoms with Crippen LogP contribution >= 0.6 is 0 Å². The van der Waals surface area contributed by atoms with Crippen molar-refractivity contribution in [3.8, 4) is 0 Å². The van der Waals surface area contributed by atoms with Gasteiger partial charge in [-0.05, 0) is 24.1 Å². The van der Waals surface area contributed by atoms with Crippen LogP contribution in [-0.2, 0) is 11.3 Å². The van der Waals surface area contributed by atoms with Gasteiger partial charge in [-0.15, -0.1) is 0 Å². The zero-order valence-corrected chi connectivity index (χ0v) is 14.7. The molecule has 2 heterocycles. The Morgan fingerprint density at radius 1 is 1.32 bits per heavy atom. The number of urea groups is 1. The summed E-state index contributed by atoms with van der Waals surface area (Å²) in [5.41, 5.74) is 1.83. The molecule has 1 atom stereocenters. The van der Waals surface area contributed by atoms with Gasteiger partial charge in [0.1, 0.15) is 6.61 Å². The summed E-state index contributed by atoms with van der Waals surface area (Å²) < 4.78 is 4.95. The van der Waals surface area contributed by atoms with E-state index in [2.05, 4.69) is 17.6 Å². The maximum atomic E-state index is 12.5. The highest BCUT2D eigenvalue weighted by Crippen LogP contribution is 2.19. The van der Waals surface area contributed by atoms with Crippen LogP contribution in [0.2, 0.25) is 0 Å². The van der Waals surface area contributed by atoms with Crippen molar-refractivity contribution in [2.24, 2.45) is 0 Å². The Kier molecular flexibility index (Phi) is 5.75. The number of rotatable bonds is 5. The first-order valence-corrected chi connectivity index (χ1v) is 8.97. The van der Waals surface area contributed by atoms with Crippen LogP contribution in [0.15, 0.2) is 24.3 Å². The van der Waals surface area contributed by atoms with Gasteiger partial charge in [0.25, 0.3) is 0 Å². The molecule has 0 bridgehead atoms. The predicted molar refractivity (Wildman–Crippen MR) is 95.6 cm³/mol. The number of nitrogens with zero attached hydrogens (tertiary/aromatic N) is 2. The Balaban J connectivity index is 1.54. The predicted octanol–water partition coefficient (Wildman–Crippen LogP) is 1.93. The molecular weight excluding hydrogens is 320 g/mol. The molecule has 0 spiro atoms. The standard InChI is InChI=1S/C18H26N4O3/c1-2-3-16-13-19-8-9-21(16)17(23)20-12-14-4-6-15(7-5-14)22-10-11-25-18(22)24/h4-7,16,19H,2-3,8-13H2,1H3,(H,20,23). The van der Waals surface area contributed by atoms with E-state index in [0.717, 1.165) is 43.7 Å². The van der Waals surface area contributed by atoms with Crippen LogP contribution < -0.4 is 15.5 Å². The third kappa shape index (κ3) is 4.22. The molecule has 25 heavy (non-hydrogen) atoms. The topological polar surface area (TPSA) is 73.9 Å². The molecule has 0 saturated carbocycles. The van der Waals surface area contributed by atoms with E-state index in [4.69, 9.17) is 4.74 Å². The van der Waals surface area contributed by atoms with Crippen LogP contribution in [0.5, 0.6) is 0 Å². The summed E-state index contributed by atoms with van der Waals surface area (Å²) >= 11 is 0. The summed E-state index contributed by atoms with van der Waals surface area (Å²) in [6.45, 7) is 6.08. The summed E-state index contributed by atoms with van der Waals surface area (Å²) in [5.74, 6) is 0. The zero-order chi connectivity index (χ0) is 17.6. The molecule has 3 amide bonds. The van der Waals surface area contributed by atoms with Gasteiger partial charge in [-0.2, -0.15) is 0 Å². The number of anilines is 1. The monoisotopic (exact) mass is 346 g/mol. The molecule has 0 radical (unpaired) electrons. The number of cyclic esters (lactones) is 1. The lowest BCUT2D eigenvalue weighted by molar-refractivity contribution is 0.153. The van der Waals surface area contributed by atoms with E-state index >= 15 is 0 Å². The van der Waals surface area contributed by atoms with Gasteiger partial charge >= 0.3 is 12.1 Å². The van der Waals surface area contributed by atoms with Gasteiger partial charge in [-0.3, -0.25) is 4.90 Å². The van der Waals surface area contributed by atoms with Gasteiger partial charge in [0.05, 0.1) is 6.54 Å². The fourth-order valence-electron chi connectivity index (χ4n) is 3.32. The average molecular weight is 346 g/mol.